The lowest BCUT2D eigenvalue weighted by molar-refractivity contribution is -0.128. The first-order valence-corrected chi connectivity index (χ1v) is 17.4. The van der Waals surface area contributed by atoms with Crippen LogP contribution in [-0.4, -0.2) is 116 Å². The van der Waals surface area contributed by atoms with Gasteiger partial charge in [0.2, 0.25) is 12.5 Å². The molecule has 0 bridgehead atoms. The molecule has 2 unspecified atom stereocenters. The minimum absolute atomic E-state index is 0.123. The topological polar surface area (TPSA) is 72.6 Å². The minimum atomic E-state index is -0.225. The Balaban J connectivity index is 1.17. The molecule has 7 rings (SSSR count). The van der Waals surface area contributed by atoms with Crippen LogP contribution in [0.15, 0.2) is 49.1 Å². The van der Waals surface area contributed by atoms with Crippen molar-refractivity contribution in [1.82, 2.24) is 24.7 Å². The van der Waals surface area contributed by atoms with E-state index in [2.05, 4.69) is 88.4 Å². The van der Waals surface area contributed by atoms with E-state index in [1.165, 1.54) is 47.4 Å². The van der Waals surface area contributed by atoms with Gasteiger partial charge in [0.25, 0.3) is 0 Å². The molecule has 2 atom stereocenters. The van der Waals surface area contributed by atoms with E-state index in [-0.39, 0.29) is 23.9 Å². The molecular weight excluding hydrogens is 600 g/mol. The summed E-state index contributed by atoms with van der Waals surface area (Å²) < 4.78 is 6.57. The predicted molar refractivity (Wildman–Crippen MR) is 191 cm³/mol. The molecule has 0 spiro atoms. The highest BCUT2D eigenvalue weighted by atomic mass is 16.5. The zero-order valence-corrected chi connectivity index (χ0v) is 28.7. The van der Waals surface area contributed by atoms with Crippen molar-refractivity contribution < 1.29 is 9.53 Å². The maximum atomic E-state index is 12.7. The number of benzene rings is 2. The Bertz CT molecular complexity index is 1720. The number of rotatable bonds is 10. The summed E-state index contributed by atoms with van der Waals surface area (Å²) in [5.41, 5.74) is 4.80. The van der Waals surface area contributed by atoms with E-state index >= 15 is 0 Å². The molecule has 2 saturated heterocycles. The quantitative estimate of drug-likeness (QED) is 0.237. The number of amides is 1. The predicted octanol–water partition coefficient (Wildman–Crippen LogP) is 4.42. The molecule has 1 saturated carbocycles. The summed E-state index contributed by atoms with van der Waals surface area (Å²) in [4.78, 5) is 38.0. The Hall–Kier alpha value is -4.20. The number of aryl methyl sites for hydroxylation is 1. The molecule has 4 heterocycles. The Morgan fingerprint density at radius 1 is 1.10 bits per heavy atom. The van der Waals surface area contributed by atoms with Crippen molar-refractivity contribution in [2.45, 2.75) is 51.2 Å². The van der Waals surface area contributed by atoms with Crippen LogP contribution in [0, 0.1) is 18.9 Å². The van der Waals surface area contributed by atoms with Crippen molar-refractivity contribution in [3.8, 4) is 6.01 Å². The van der Waals surface area contributed by atoms with Gasteiger partial charge in [0, 0.05) is 67.4 Å². The van der Waals surface area contributed by atoms with Gasteiger partial charge in [0.05, 0.1) is 18.8 Å². The Morgan fingerprint density at radius 3 is 2.65 bits per heavy atom. The van der Waals surface area contributed by atoms with Crippen molar-refractivity contribution in [2.24, 2.45) is 5.41 Å². The molecule has 10 nitrogen and oxygen atoms in total. The fraction of sp³-hybridized carbons (Fsp3) is 0.526. The molecule has 2 aromatic carbocycles. The van der Waals surface area contributed by atoms with Crippen LogP contribution < -0.4 is 14.5 Å². The number of likely N-dealkylation sites (N-methyl/N-ethyl adjacent to an activating group) is 1. The SMILES string of the molecule is [C-]#[N+]CC1CN(c2nc(OCC3(CN4CCC(N(C)C)C4)CC3)nc3c2CCN(c2cccc4cccc(C)c24)C3)CCN1C(=O)C=C. The summed E-state index contributed by atoms with van der Waals surface area (Å²) in [5, 5.41) is 2.53. The Kier molecular flexibility index (Phi) is 9.01. The van der Waals surface area contributed by atoms with Crippen molar-refractivity contribution in [3.05, 3.63) is 77.3 Å². The third-order valence-electron chi connectivity index (χ3n) is 11.0. The van der Waals surface area contributed by atoms with Crippen LogP contribution >= 0.6 is 0 Å². The van der Waals surface area contributed by atoms with Crippen LogP contribution in [0.3, 0.4) is 0 Å². The number of ether oxygens (including phenoxy) is 1. The number of aromatic nitrogens is 2. The van der Waals surface area contributed by atoms with Gasteiger partial charge < -0.3 is 34.1 Å². The lowest BCUT2D eigenvalue weighted by atomic mass is 9.99. The molecule has 0 radical (unpaired) electrons. The molecule has 252 valence electrons. The van der Waals surface area contributed by atoms with Crippen molar-refractivity contribution in [1.29, 1.82) is 0 Å². The van der Waals surface area contributed by atoms with Gasteiger partial charge in [-0.2, -0.15) is 9.97 Å². The largest absolute Gasteiger partial charge is 0.463 e. The van der Waals surface area contributed by atoms with Crippen LogP contribution in [0.1, 0.15) is 36.1 Å². The molecule has 0 N–H and O–H groups in total. The molecule has 3 aromatic rings. The van der Waals surface area contributed by atoms with E-state index in [0.29, 0.717) is 44.8 Å². The van der Waals surface area contributed by atoms with Crippen LogP contribution in [0.5, 0.6) is 6.01 Å². The average Bonchev–Trinajstić information content (AvgIpc) is 3.70. The van der Waals surface area contributed by atoms with Crippen LogP contribution in [-0.2, 0) is 17.8 Å². The smallest absolute Gasteiger partial charge is 0.318 e. The summed E-state index contributed by atoms with van der Waals surface area (Å²) >= 11 is 0. The summed E-state index contributed by atoms with van der Waals surface area (Å²) in [6.07, 6.45) is 5.71. The lowest BCUT2D eigenvalue weighted by Gasteiger charge is -2.41. The number of hydrogen-bond acceptors (Lipinski definition) is 8. The molecule has 1 aromatic heterocycles. The third kappa shape index (κ3) is 6.46. The van der Waals surface area contributed by atoms with E-state index < -0.39 is 0 Å². The standard InChI is InChI=1S/C38H48N8O2/c1-6-34(47)46-20-19-45(23-30(46)21-39-3)36-31-14-18-44(33-12-8-11-28-10-7-9-27(2)35(28)33)24-32(31)40-37(41-36)48-26-38(15-16-38)25-43-17-13-29(22-43)42(4)5/h6-12,29-30H,1,13-26H2,2,4-5H3. The van der Waals surface area contributed by atoms with Crippen molar-refractivity contribution in [3.63, 3.8) is 0 Å². The second-order valence-corrected chi connectivity index (χ2v) is 14.5. The van der Waals surface area contributed by atoms with Crippen molar-refractivity contribution >= 4 is 28.2 Å². The summed E-state index contributed by atoms with van der Waals surface area (Å²) in [5.74, 6) is 0.769. The van der Waals surface area contributed by atoms with E-state index in [4.69, 9.17) is 21.3 Å². The van der Waals surface area contributed by atoms with Gasteiger partial charge in [0.1, 0.15) is 11.9 Å². The number of anilines is 2. The molecule has 1 aliphatic carbocycles. The molecule has 48 heavy (non-hydrogen) atoms. The molecule has 3 fully saturated rings. The first kappa shape index (κ1) is 32.4. The van der Waals surface area contributed by atoms with Gasteiger partial charge in [-0.05, 0) is 76.3 Å². The van der Waals surface area contributed by atoms with Gasteiger partial charge in [0.15, 0.2) is 0 Å². The van der Waals surface area contributed by atoms with Gasteiger partial charge >= 0.3 is 6.01 Å². The normalized spacial score (nSPS) is 22.1. The van der Waals surface area contributed by atoms with E-state index in [1.54, 1.807) is 4.90 Å². The van der Waals surface area contributed by atoms with E-state index in [0.717, 1.165) is 49.7 Å². The number of hydrogen-bond donors (Lipinski definition) is 0. The second kappa shape index (κ2) is 13.4. The zero-order chi connectivity index (χ0) is 33.4. The highest BCUT2D eigenvalue weighted by Crippen LogP contribution is 2.47. The Labute approximate surface area is 284 Å². The second-order valence-electron chi connectivity index (χ2n) is 14.5. The van der Waals surface area contributed by atoms with E-state index in [9.17, 15) is 4.79 Å². The number of likely N-dealkylation sites (tertiary alicyclic amines) is 1. The molecule has 3 aliphatic heterocycles. The average molecular weight is 649 g/mol. The van der Waals surface area contributed by atoms with Gasteiger partial charge in [-0.1, -0.05) is 36.9 Å². The summed E-state index contributed by atoms with van der Waals surface area (Å²) in [7, 11) is 4.36. The summed E-state index contributed by atoms with van der Waals surface area (Å²) in [6.45, 7) is 20.8. The number of piperazine rings is 1. The lowest BCUT2D eigenvalue weighted by Crippen LogP contribution is -2.56. The van der Waals surface area contributed by atoms with Gasteiger partial charge in [-0.3, -0.25) is 4.79 Å². The van der Waals surface area contributed by atoms with Crippen molar-refractivity contribution in [2.75, 3.05) is 82.9 Å². The van der Waals surface area contributed by atoms with Crippen LogP contribution in [0.2, 0.25) is 0 Å². The molecule has 1 amide bonds. The first-order valence-electron chi connectivity index (χ1n) is 17.4. The first-order chi connectivity index (χ1) is 23.3. The monoisotopic (exact) mass is 648 g/mol. The summed E-state index contributed by atoms with van der Waals surface area (Å²) in [6, 6.07) is 13.9. The van der Waals surface area contributed by atoms with Crippen LogP contribution in [0.4, 0.5) is 11.5 Å². The fourth-order valence-corrected chi connectivity index (χ4v) is 8.00. The molecular formula is C38H48N8O2. The number of carbonyl (C=O) groups is 1. The highest BCUT2D eigenvalue weighted by Gasteiger charge is 2.46. The molecule has 4 aliphatic rings. The fourth-order valence-electron chi connectivity index (χ4n) is 8.00. The number of fused-ring (bicyclic) bond motifs is 2. The van der Waals surface area contributed by atoms with Gasteiger partial charge in [-0.15, -0.1) is 0 Å². The molecule has 10 heteroatoms. The number of nitrogens with zero attached hydrogens (tertiary/aromatic N) is 8. The maximum Gasteiger partial charge on any atom is 0.318 e. The van der Waals surface area contributed by atoms with Gasteiger partial charge in [-0.25, -0.2) is 6.57 Å². The number of carbonyl (C=O) groups excluding carboxylic acids is 1. The van der Waals surface area contributed by atoms with E-state index in [1.807, 2.05) is 0 Å². The highest BCUT2D eigenvalue weighted by molar-refractivity contribution is 5.97. The zero-order valence-electron chi connectivity index (χ0n) is 28.7. The minimum Gasteiger partial charge on any atom is -0.463 e. The Morgan fingerprint density at radius 2 is 1.92 bits per heavy atom. The maximum absolute atomic E-state index is 12.7. The third-order valence-corrected chi connectivity index (χ3v) is 11.0. The van der Waals surface area contributed by atoms with Crippen LogP contribution in [0.25, 0.3) is 15.6 Å².